The van der Waals surface area contributed by atoms with E-state index in [0.717, 1.165) is 10.9 Å². The van der Waals surface area contributed by atoms with E-state index in [9.17, 15) is 9.59 Å². The summed E-state index contributed by atoms with van der Waals surface area (Å²) in [6, 6.07) is 14.7. The lowest BCUT2D eigenvalue weighted by molar-refractivity contribution is -0.122. The van der Waals surface area contributed by atoms with Crippen LogP contribution in [0, 0.1) is 13.8 Å². The number of rotatable bonds is 4. The van der Waals surface area contributed by atoms with Gasteiger partial charge < -0.3 is 15.0 Å². The van der Waals surface area contributed by atoms with Gasteiger partial charge in [0.2, 0.25) is 0 Å². The highest BCUT2D eigenvalue weighted by molar-refractivity contribution is 5.96. The third-order valence-corrected chi connectivity index (χ3v) is 4.27. The minimum Gasteiger partial charge on any atom is -0.481 e. The number of fused-ring (bicyclic) bond motifs is 1. The number of pyridine rings is 1. The SMILES string of the molecule is Cc1c(C)c2ccc(NC(=O)C(C)Oc3ccccc3)cc2[nH]c1=O. The number of nitrogens with one attached hydrogen (secondary N) is 2. The van der Waals surface area contributed by atoms with Crippen LogP contribution >= 0.6 is 0 Å². The first-order chi connectivity index (χ1) is 12.0. The Hall–Kier alpha value is -3.08. The lowest BCUT2D eigenvalue weighted by Gasteiger charge is -2.15. The molecule has 1 aromatic heterocycles. The first kappa shape index (κ1) is 16.8. The van der Waals surface area contributed by atoms with Crippen molar-refractivity contribution in [1.82, 2.24) is 4.98 Å². The van der Waals surface area contributed by atoms with Crippen molar-refractivity contribution < 1.29 is 9.53 Å². The Morgan fingerprint density at radius 1 is 1.08 bits per heavy atom. The molecular weight excluding hydrogens is 316 g/mol. The molecule has 1 atom stereocenters. The molecule has 1 unspecified atom stereocenters. The molecule has 0 spiro atoms. The molecule has 0 aliphatic heterocycles. The Balaban J connectivity index is 1.79. The number of amides is 1. The molecular formula is C20H20N2O3. The number of carbonyl (C=O) groups excluding carboxylic acids is 1. The van der Waals surface area contributed by atoms with Gasteiger partial charge in [-0.05, 0) is 50.6 Å². The van der Waals surface area contributed by atoms with Crippen molar-refractivity contribution in [3.05, 3.63) is 70.0 Å². The number of aromatic nitrogens is 1. The number of para-hydroxylation sites is 1. The quantitative estimate of drug-likeness (QED) is 0.765. The summed E-state index contributed by atoms with van der Waals surface area (Å²) in [5.74, 6) is 0.383. The van der Waals surface area contributed by atoms with Crippen molar-refractivity contribution >= 4 is 22.5 Å². The van der Waals surface area contributed by atoms with E-state index in [4.69, 9.17) is 4.74 Å². The molecule has 5 heteroatoms. The first-order valence-corrected chi connectivity index (χ1v) is 8.11. The van der Waals surface area contributed by atoms with Crippen molar-refractivity contribution in [2.24, 2.45) is 0 Å². The fraction of sp³-hybridized carbons (Fsp3) is 0.200. The molecule has 5 nitrogen and oxygen atoms in total. The molecule has 0 aliphatic carbocycles. The molecule has 0 fully saturated rings. The van der Waals surface area contributed by atoms with Crippen molar-refractivity contribution in [2.45, 2.75) is 26.9 Å². The minimum absolute atomic E-state index is 0.116. The van der Waals surface area contributed by atoms with Crippen molar-refractivity contribution in [1.29, 1.82) is 0 Å². The van der Waals surface area contributed by atoms with E-state index >= 15 is 0 Å². The highest BCUT2D eigenvalue weighted by Crippen LogP contribution is 2.21. The zero-order valence-electron chi connectivity index (χ0n) is 14.4. The summed E-state index contributed by atoms with van der Waals surface area (Å²) in [5, 5.41) is 3.78. The molecule has 1 amide bonds. The van der Waals surface area contributed by atoms with Crippen LogP contribution in [0.3, 0.4) is 0 Å². The Kier molecular flexibility index (Phi) is 4.57. The number of benzene rings is 2. The summed E-state index contributed by atoms with van der Waals surface area (Å²) in [6.07, 6.45) is -0.642. The van der Waals surface area contributed by atoms with Crippen LogP contribution in [0.15, 0.2) is 53.3 Å². The fourth-order valence-electron chi connectivity index (χ4n) is 2.64. The lowest BCUT2D eigenvalue weighted by Crippen LogP contribution is -2.30. The van der Waals surface area contributed by atoms with Gasteiger partial charge in [0.25, 0.3) is 11.5 Å². The number of hydrogen-bond acceptors (Lipinski definition) is 3. The second kappa shape index (κ2) is 6.81. The molecule has 2 N–H and O–H groups in total. The fourth-order valence-corrected chi connectivity index (χ4v) is 2.64. The van der Waals surface area contributed by atoms with Crippen LogP contribution < -0.4 is 15.6 Å². The maximum absolute atomic E-state index is 12.3. The first-order valence-electron chi connectivity index (χ1n) is 8.11. The molecule has 1 heterocycles. The van der Waals surface area contributed by atoms with Gasteiger partial charge in [0.05, 0.1) is 5.52 Å². The third kappa shape index (κ3) is 3.55. The maximum Gasteiger partial charge on any atom is 0.265 e. The largest absolute Gasteiger partial charge is 0.481 e. The van der Waals surface area contributed by atoms with Gasteiger partial charge in [0, 0.05) is 16.6 Å². The number of ether oxygens (including phenoxy) is 1. The lowest BCUT2D eigenvalue weighted by atomic mass is 10.1. The van der Waals surface area contributed by atoms with Gasteiger partial charge in [0.1, 0.15) is 5.75 Å². The predicted molar refractivity (Wildman–Crippen MR) is 99.2 cm³/mol. The molecule has 0 bridgehead atoms. The van der Waals surface area contributed by atoms with Gasteiger partial charge in [0.15, 0.2) is 6.10 Å². The third-order valence-electron chi connectivity index (χ3n) is 4.27. The Bertz CT molecular complexity index is 977. The van der Waals surface area contributed by atoms with Gasteiger partial charge >= 0.3 is 0 Å². The molecule has 0 saturated heterocycles. The predicted octanol–water partition coefficient (Wildman–Crippen LogP) is 3.55. The molecule has 0 saturated carbocycles. The van der Waals surface area contributed by atoms with Crippen LogP contribution in [-0.2, 0) is 4.79 Å². The highest BCUT2D eigenvalue weighted by atomic mass is 16.5. The normalized spacial score (nSPS) is 12.0. The van der Waals surface area contributed by atoms with Gasteiger partial charge in [-0.15, -0.1) is 0 Å². The summed E-state index contributed by atoms with van der Waals surface area (Å²) in [6.45, 7) is 5.41. The number of carbonyl (C=O) groups is 1. The average Bonchev–Trinajstić information content (AvgIpc) is 2.60. The topological polar surface area (TPSA) is 71.2 Å². The van der Waals surface area contributed by atoms with Crippen LogP contribution in [0.5, 0.6) is 5.75 Å². The second-order valence-corrected chi connectivity index (χ2v) is 6.03. The monoisotopic (exact) mass is 336 g/mol. The van der Waals surface area contributed by atoms with Crippen LogP contribution in [0.25, 0.3) is 10.9 Å². The van der Waals surface area contributed by atoms with Crippen LogP contribution in [0.2, 0.25) is 0 Å². The van der Waals surface area contributed by atoms with Crippen LogP contribution in [0.4, 0.5) is 5.69 Å². The van der Waals surface area contributed by atoms with E-state index in [1.165, 1.54) is 0 Å². The van der Waals surface area contributed by atoms with Gasteiger partial charge in [-0.1, -0.05) is 24.3 Å². The zero-order valence-corrected chi connectivity index (χ0v) is 14.4. The number of aryl methyl sites for hydroxylation is 1. The number of hydrogen-bond donors (Lipinski definition) is 2. The van der Waals surface area contributed by atoms with Crippen LogP contribution in [-0.4, -0.2) is 17.0 Å². The van der Waals surface area contributed by atoms with Crippen molar-refractivity contribution in [3.63, 3.8) is 0 Å². The molecule has 2 aromatic carbocycles. The molecule has 25 heavy (non-hydrogen) atoms. The second-order valence-electron chi connectivity index (χ2n) is 6.03. The summed E-state index contributed by atoms with van der Waals surface area (Å²) < 4.78 is 5.62. The standard InChI is InChI=1S/C20H20N2O3/c1-12-13(2)19(23)22-18-11-15(9-10-17(12)18)21-20(24)14(3)25-16-7-5-4-6-8-16/h4-11,14H,1-3H3,(H,21,24)(H,22,23). The smallest absolute Gasteiger partial charge is 0.265 e. The molecule has 0 radical (unpaired) electrons. The summed E-state index contributed by atoms with van der Waals surface area (Å²) in [5.41, 5.74) is 2.84. The van der Waals surface area contributed by atoms with Gasteiger partial charge in [-0.25, -0.2) is 0 Å². The maximum atomic E-state index is 12.3. The van der Waals surface area contributed by atoms with E-state index in [1.54, 1.807) is 32.0 Å². The molecule has 128 valence electrons. The Morgan fingerprint density at radius 2 is 1.80 bits per heavy atom. The highest BCUT2D eigenvalue weighted by Gasteiger charge is 2.15. The molecule has 3 aromatic rings. The molecule has 3 rings (SSSR count). The summed E-state index contributed by atoms with van der Waals surface area (Å²) in [4.78, 5) is 27.1. The van der Waals surface area contributed by atoms with Crippen molar-refractivity contribution in [3.8, 4) is 5.75 Å². The zero-order chi connectivity index (χ0) is 18.0. The number of anilines is 1. The number of aromatic amines is 1. The van der Waals surface area contributed by atoms with E-state index in [-0.39, 0.29) is 11.5 Å². The Morgan fingerprint density at radius 3 is 2.52 bits per heavy atom. The number of H-pyrrole nitrogens is 1. The van der Waals surface area contributed by atoms with Crippen molar-refractivity contribution in [2.75, 3.05) is 5.32 Å². The Labute approximate surface area is 145 Å². The molecule has 0 aliphatic rings. The summed E-state index contributed by atoms with van der Waals surface area (Å²) >= 11 is 0. The average molecular weight is 336 g/mol. The minimum atomic E-state index is -0.642. The van der Waals surface area contributed by atoms with E-state index in [0.29, 0.717) is 22.5 Å². The summed E-state index contributed by atoms with van der Waals surface area (Å²) in [7, 11) is 0. The van der Waals surface area contributed by atoms with Crippen LogP contribution in [0.1, 0.15) is 18.1 Å². The van der Waals surface area contributed by atoms with E-state index in [2.05, 4.69) is 10.3 Å². The van der Waals surface area contributed by atoms with Gasteiger partial charge in [-0.2, -0.15) is 0 Å². The van der Waals surface area contributed by atoms with E-state index in [1.807, 2.05) is 37.3 Å². The van der Waals surface area contributed by atoms with E-state index < -0.39 is 6.10 Å². The van der Waals surface area contributed by atoms with Gasteiger partial charge in [-0.3, -0.25) is 9.59 Å².